The van der Waals surface area contributed by atoms with Crippen molar-refractivity contribution in [1.29, 1.82) is 5.41 Å². The van der Waals surface area contributed by atoms with E-state index in [4.69, 9.17) is 15.9 Å². The maximum Gasteiger partial charge on any atom is 0.130 e. The van der Waals surface area contributed by atoms with Crippen LogP contribution in [0.3, 0.4) is 0 Å². The van der Waals surface area contributed by atoms with Gasteiger partial charge in [0.15, 0.2) is 0 Å². The fraction of sp³-hybridized carbons (Fsp3) is 0.462. The van der Waals surface area contributed by atoms with Gasteiger partial charge in [-0.1, -0.05) is 22.4 Å². The second-order valence-corrected chi connectivity index (χ2v) is 5.35. The van der Waals surface area contributed by atoms with Gasteiger partial charge in [0.25, 0.3) is 0 Å². The molecule has 1 fully saturated rings. The van der Waals surface area contributed by atoms with Gasteiger partial charge in [0.05, 0.1) is 11.7 Å². The minimum Gasteiger partial charge on any atom is -0.490 e. The van der Waals surface area contributed by atoms with Crippen molar-refractivity contribution in [2.24, 2.45) is 5.73 Å². The molecule has 2 rings (SSSR count). The molecule has 0 saturated heterocycles. The van der Waals surface area contributed by atoms with Crippen molar-refractivity contribution >= 4 is 21.8 Å². The van der Waals surface area contributed by atoms with Gasteiger partial charge in [-0.25, -0.2) is 0 Å². The number of ether oxygens (including phenoxy) is 1. The largest absolute Gasteiger partial charge is 0.490 e. The van der Waals surface area contributed by atoms with Crippen molar-refractivity contribution in [3.63, 3.8) is 0 Å². The highest BCUT2D eigenvalue weighted by Gasteiger charge is 2.17. The number of nitrogen functional groups attached to an aromatic ring is 1. The molecule has 1 aliphatic rings. The van der Waals surface area contributed by atoms with E-state index in [1.54, 1.807) is 0 Å². The van der Waals surface area contributed by atoms with E-state index in [0.717, 1.165) is 23.1 Å². The first-order valence-electron chi connectivity index (χ1n) is 5.97. The van der Waals surface area contributed by atoms with Crippen LogP contribution < -0.4 is 10.5 Å². The molecular formula is C13H17BrN2O. The van der Waals surface area contributed by atoms with Crippen molar-refractivity contribution in [3.05, 3.63) is 28.2 Å². The van der Waals surface area contributed by atoms with E-state index >= 15 is 0 Å². The van der Waals surface area contributed by atoms with Crippen LogP contribution in [0.2, 0.25) is 0 Å². The Bertz CT molecular complexity index is 414. The van der Waals surface area contributed by atoms with Crippen LogP contribution in [0.1, 0.15) is 37.7 Å². The van der Waals surface area contributed by atoms with Crippen LogP contribution in [-0.2, 0) is 0 Å². The predicted octanol–water partition coefficient (Wildman–Crippen LogP) is 3.44. The van der Waals surface area contributed by atoms with Crippen molar-refractivity contribution < 1.29 is 4.74 Å². The smallest absolute Gasteiger partial charge is 0.130 e. The highest BCUT2D eigenvalue weighted by Crippen LogP contribution is 2.27. The van der Waals surface area contributed by atoms with E-state index in [1.807, 2.05) is 18.2 Å². The molecule has 1 aromatic rings. The number of halogens is 1. The molecule has 0 heterocycles. The first-order chi connectivity index (χ1) is 8.16. The third-order valence-electron chi connectivity index (χ3n) is 3.08. The SMILES string of the molecule is N=C(N)c1cc(Br)ccc1OC1CCCCC1. The molecule has 4 heteroatoms. The summed E-state index contributed by atoms with van der Waals surface area (Å²) in [6.45, 7) is 0. The first kappa shape index (κ1) is 12.4. The van der Waals surface area contributed by atoms with E-state index in [9.17, 15) is 0 Å². The average Bonchev–Trinajstić information content (AvgIpc) is 2.32. The summed E-state index contributed by atoms with van der Waals surface area (Å²) in [6.07, 6.45) is 6.26. The Morgan fingerprint density at radius 1 is 1.29 bits per heavy atom. The Labute approximate surface area is 110 Å². The number of amidine groups is 1. The third kappa shape index (κ3) is 3.22. The van der Waals surface area contributed by atoms with Gasteiger partial charge in [-0.15, -0.1) is 0 Å². The number of nitrogens with two attached hydrogens (primary N) is 1. The Morgan fingerprint density at radius 3 is 2.65 bits per heavy atom. The molecule has 1 aliphatic carbocycles. The van der Waals surface area contributed by atoms with E-state index < -0.39 is 0 Å². The minimum atomic E-state index is 0.0529. The summed E-state index contributed by atoms with van der Waals surface area (Å²) in [5, 5.41) is 7.57. The molecule has 0 bridgehead atoms. The van der Waals surface area contributed by atoms with Crippen molar-refractivity contribution in [3.8, 4) is 5.75 Å². The molecule has 3 N–H and O–H groups in total. The molecule has 0 radical (unpaired) electrons. The van der Waals surface area contributed by atoms with E-state index in [0.29, 0.717) is 5.56 Å². The lowest BCUT2D eigenvalue weighted by Crippen LogP contribution is -2.22. The number of benzene rings is 1. The van der Waals surface area contributed by atoms with Gasteiger partial charge in [0.2, 0.25) is 0 Å². The van der Waals surface area contributed by atoms with Gasteiger partial charge in [-0.05, 0) is 43.9 Å². The van der Waals surface area contributed by atoms with Crippen LogP contribution in [0.25, 0.3) is 0 Å². The number of hydrogen-bond acceptors (Lipinski definition) is 2. The van der Waals surface area contributed by atoms with Crippen LogP contribution in [0, 0.1) is 5.41 Å². The summed E-state index contributed by atoms with van der Waals surface area (Å²) in [7, 11) is 0. The van der Waals surface area contributed by atoms with Crippen molar-refractivity contribution in [1.82, 2.24) is 0 Å². The zero-order valence-electron chi connectivity index (χ0n) is 9.71. The van der Waals surface area contributed by atoms with Gasteiger partial charge in [-0.2, -0.15) is 0 Å². The minimum absolute atomic E-state index is 0.0529. The van der Waals surface area contributed by atoms with Crippen LogP contribution >= 0.6 is 15.9 Å². The molecule has 0 amide bonds. The van der Waals surface area contributed by atoms with Gasteiger partial charge in [0.1, 0.15) is 11.6 Å². The van der Waals surface area contributed by atoms with Crippen molar-refractivity contribution in [2.45, 2.75) is 38.2 Å². The number of nitrogens with one attached hydrogen (secondary N) is 1. The maximum absolute atomic E-state index is 7.57. The lowest BCUT2D eigenvalue weighted by molar-refractivity contribution is 0.154. The normalized spacial score (nSPS) is 16.8. The fourth-order valence-electron chi connectivity index (χ4n) is 2.18. The van der Waals surface area contributed by atoms with Crippen LogP contribution in [0.15, 0.2) is 22.7 Å². The topological polar surface area (TPSA) is 59.1 Å². The quantitative estimate of drug-likeness (QED) is 0.663. The molecule has 0 aromatic heterocycles. The third-order valence-corrected chi connectivity index (χ3v) is 3.57. The Kier molecular flexibility index (Phi) is 4.05. The summed E-state index contributed by atoms with van der Waals surface area (Å²) in [4.78, 5) is 0. The molecule has 92 valence electrons. The van der Waals surface area contributed by atoms with Crippen molar-refractivity contribution in [2.75, 3.05) is 0 Å². The van der Waals surface area contributed by atoms with E-state index in [2.05, 4.69) is 15.9 Å². The molecular weight excluding hydrogens is 280 g/mol. The van der Waals surface area contributed by atoms with Gasteiger partial charge in [-0.3, -0.25) is 5.41 Å². The first-order valence-corrected chi connectivity index (χ1v) is 6.77. The average molecular weight is 297 g/mol. The summed E-state index contributed by atoms with van der Waals surface area (Å²) in [5.74, 6) is 0.782. The summed E-state index contributed by atoms with van der Waals surface area (Å²) < 4.78 is 6.88. The van der Waals surface area contributed by atoms with Crippen LogP contribution in [0.5, 0.6) is 5.75 Å². The summed E-state index contributed by atoms with van der Waals surface area (Å²) in [6, 6.07) is 5.64. The molecule has 0 unspecified atom stereocenters. The molecule has 0 aliphatic heterocycles. The zero-order chi connectivity index (χ0) is 12.3. The molecule has 1 saturated carbocycles. The lowest BCUT2D eigenvalue weighted by atomic mass is 9.97. The molecule has 17 heavy (non-hydrogen) atoms. The molecule has 3 nitrogen and oxygen atoms in total. The summed E-state index contributed by atoms with van der Waals surface area (Å²) >= 11 is 3.38. The van der Waals surface area contributed by atoms with E-state index in [-0.39, 0.29) is 11.9 Å². The lowest BCUT2D eigenvalue weighted by Gasteiger charge is -2.24. The Balaban J connectivity index is 2.16. The van der Waals surface area contributed by atoms with Crippen LogP contribution in [-0.4, -0.2) is 11.9 Å². The second-order valence-electron chi connectivity index (χ2n) is 4.43. The predicted molar refractivity (Wildman–Crippen MR) is 72.7 cm³/mol. The molecule has 0 spiro atoms. The molecule has 0 atom stereocenters. The maximum atomic E-state index is 7.57. The summed E-state index contributed by atoms with van der Waals surface area (Å²) in [5.41, 5.74) is 6.24. The number of rotatable bonds is 3. The number of hydrogen-bond donors (Lipinski definition) is 2. The standard InChI is InChI=1S/C13H17BrN2O/c14-9-6-7-12(11(8-9)13(15)16)17-10-4-2-1-3-5-10/h6-8,10H,1-5H2,(H3,15,16). The Morgan fingerprint density at radius 2 is 2.00 bits per heavy atom. The Hall–Kier alpha value is -1.03. The highest BCUT2D eigenvalue weighted by molar-refractivity contribution is 9.10. The van der Waals surface area contributed by atoms with Crippen LogP contribution in [0.4, 0.5) is 0 Å². The fourth-order valence-corrected chi connectivity index (χ4v) is 2.54. The molecule has 1 aromatic carbocycles. The van der Waals surface area contributed by atoms with Gasteiger partial charge in [0, 0.05) is 4.47 Å². The van der Waals surface area contributed by atoms with Gasteiger partial charge < -0.3 is 10.5 Å². The second kappa shape index (κ2) is 5.54. The highest BCUT2D eigenvalue weighted by atomic mass is 79.9. The van der Waals surface area contributed by atoms with Gasteiger partial charge >= 0.3 is 0 Å². The zero-order valence-corrected chi connectivity index (χ0v) is 11.3. The van der Waals surface area contributed by atoms with E-state index in [1.165, 1.54) is 19.3 Å². The monoisotopic (exact) mass is 296 g/mol.